The average Bonchev–Trinajstić information content (AvgIpc) is 2.95. The summed E-state index contributed by atoms with van der Waals surface area (Å²) in [6, 6.07) is 0.196. The molecule has 0 radical (unpaired) electrons. The van der Waals surface area contributed by atoms with Crippen LogP contribution >= 0.6 is 0 Å². The normalized spacial score (nSPS) is 21.3. The Labute approximate surface area is 98.0 Å². The first-order valence-electron chi connectivity index (χ1n) is 5.86. The van der Waals surface area contributed by atoms with Crippen LogP contribution in [-0.2, 0) is 0 Å². The zero-order valence-electron chi connectivity index (χ0n) is 9.39. The Morgan fingerprint density at radius 1 is 1.29 bits per heavy atom. The van der Waals surface area contributed by atoms with Crippen LogP contribution in [0, 0.1) is 0 Å². The van der Waals surface area contributed by atoms with Gasteiger partial charge in [0.2, 0.25) is 0 Å². The molecule has 17 heavy (non-hydrogen) atoms. The van der Waals surface area contributed by atoms with E-state index < -0.39 is 0 Å². The lowest BCUT2D eigenvalue weighted by molar-refractivity contribution is 0.401. The third-order valence-corrected chi connectivity index (χ3v) is 2.95. The van der Waals surface area contributed by atoms with E-state index in [0.29, 0.717) is 17.4 Å². The van der Waals surface area contributed by atoms with Crippen molar-refractivity contribution in [2.75, 3.05) is 6.54 Å². The highest BCUT2D eigenvalue weighted by Gasteiger charge is 2.20. The Hall–Kier alpha value is -1.76. The van der Waals surface area contributed by atoms with Gasteiger partial charge in [-0.25, -0.2) is 0 Å². The van der Waals surface area contributed by atoms with Gasteiger partial charge in [-0.15, -0.1) is 0 Å². The Morgan fingerprint density at radius 2 is 2.29 bits per heavy atom. The molecule has 2 aromatic rings. The quantitative estimate of drug-likeness (QED) is 0.807. The molecule has 1 saturated heterocycles. The summed E-state index contributed by atoms with van der Waals surface area (Å²) >= 11 is 0. The van der Waals surface area contributed by atoms with Crippen LogP contribution in [-0.4, -0.2) is 32.1 Å². The lowest BCUT2D eigenvalue weighted by Crippen LogP contribution is -2.21. The molecule has 1 unspecified atom stereocenters. The van der Waals surface area contributed by atoms with Crippen molar-refractivity contribution in [3.63, 3.8) is 0 Å². The van der Waals surface area contributed by atoms with Gasteiger partial charge in [0.15, 0.2) is 11.5 Å². The second kappa shape index (κ2) is 4.62. The monoisotopic (exact) mass is 234 g/mol. The highest BCUT2D eigenvalue weighted by atomic mass is 16.5. The molecule has 0 aliphatic carbocycles. The molecule has 1 aliphatic heterocycles. The van der Waals surface area contributed by atoms with Gasteiger partial charge < -0.3 is 9.84 Å². The summed E-state index contributed by atoms with van der Waals surface area (Å²) in [5, 5.41) is 17.6. The Morgan fingerprint density at radius 3 is 3.18 bits per heavy atom. The van der Waals surface area contributed by atoms with E-state index in [1.54, 1.807) is 6.20 Å². The molecule has 1 fully saturated rings. The van der Waals surface area contributed by atoms with E-state index in [1.807, 2.05) is 0 Å². The number of H-pyrrole nitrogens is 1. The van der Waals surface area contributed by atoms with Crippen LogP contribution in [0.1, 0.15) is 37.5 Å². The predicted molar refractivity (Wildman–Crippen MR) is 58.9 cm³/mol. The van der Waals surface area contributed by atoms with E-state index in [0.717, 1.165) is 13.0 Å². The Balaban J connectivity index is 1.79. The molecular weight excluding hydrogens is 220 g/mol. The van der Waals surface area contributed by atoms with Gasteiger partial charge in [-0.2, -0.15) is 20.4 Å². The van der Waals surface area contributed by atoms with E-state index in [9.17, 15) is 0 Å². The molecule has 0 aromatic carbocycles. The maximum absolute atomic E-state index is 5.18. The van der Waals surface area contributed by atoms with E-state index in [2.05, 4.69) is 30.9 Å². The van der Waals surface area contributed by atoms with Crippen molar-refractivity contribution in [3.05, 3.63) is 12.0 Å². The first-order valence-corrected chi connectivity index (χ1v) is 5.86. The van der Waals surface area contributed by atoms with Crippen LogP contribution in [0.25, 0.3) is 11.6 Å². The van der Waals surface area contributed by atoms with Crippen LogP contribution in [0.4, 0.5) is 0 Å². The van der Waals surface area contributed by atoms with Crippen molar-refractivity contribution >= 4 is 0 Å². The Bertz CT molecular complexity index is 457. The zero-order valence-corrected chi connectivity index (χ0v) is 9.39. The Kier molecular flexibility index (Phi) is 2.83. The number of aromatic nitrogens is 5. The van der Waals surface area contributed by atoms with Crippen molar-refractivity contribution in [1.29, 1.82) is 0 Å². The first-order chi connectivity index (χ1) is 8.43. The molecule has 3 heterocycles. The molecule has 2 aromatic heterocycles. The van der Waals surface area contributed by atoms with E-state index in [4.69, 9.17) is 4.52 Å². The fraction of sp³-hybridized carbons (Fsp3) is 0.600. The minimum Gasteiger partial charge on any atom is -0.332 e. The second-order valence-electron chi connectivity index (χ2n) is 4.17. The number of nitrogens with zero attached hydrogens (tertiary/aromatic N) is 4. The maximum atomic E-state index is 5.18. The fourth-order valence-corrected chi connectivity index (χ4v) is 2.03. The highest BCUT2D eigenvalue weighted by molar-refractivity contribution is 5.42. The standard InChI is InChI=1S/C10H14N6O/c1-2-4-7(11-5-3-1)9-13-10(17-15-9)8-6-12-16-14-8/h6-7,11H,1-5H2,(H,12,14,16). The van der Waals surface area contributed by atoms with E-state index in [-0.39, 0.29) is 6.04 Å². The predicted octanol–water partition coefficient (Wildman–Crippen LogP) is 1.06. The summed E-state index contributed by atoms with van der Waals surface area (Å²) in [7, 11) is 0. The minimum absolute atomic E-state index is 0.196. The second-order valence-corrected chi connectivity index (χ2v) is 4.17. The molecule has 0 bridgehead atoms. The number of hydrogen-bond donors (Lipinski definition) is 2. The minimum atomic E-state index is 0.196. The average molecular weight is 234 g/mol. The molecule has 3 rings (SSSR count). The van der Waals surface area contributed by atoms with Gasteiger partial charge in [0.25, 0.3) is 5.89 Å². The third kappa shape index (κ3) is 2.19. The van der Waals surface area contributed by atoms with Crippen molar-refractivity contribution < 1.29 is 4.52 Å². The van der Waals surface area contributed by atoms with E-state index >= 15 is 0 Å². The molecule has 0 saturated carbocycles. The molecule has 90 valence electrons. The lowest BCUT2D eigenvalue weighted by Gasteiger charge is -2.09. The molecule has 2 N–H and O–H groups in total. The largest absolute Gasteiger partial charge is 0.332 e. The van der Waals surface area contributed by atoms with Crippen molar-refractivity contribution in [2.24, 2.45) is 0 Å². The van der Waals surface area contributed by atoms with Gasteiger partial charge in [0.05, 0.1) is 12.2 Å². The smallest absolute Gasteiger partial charge is 0.280 e. The van der Waals surface area contributed by atoms with Gasteiger partial charge in [-0.05, 0) is 19.4 Å². The number of hydrogen-bond acceptors (Lipinski definition) is 6. The van der Waals surface area contributed by atoms with Crippen LogP contribution < -0.4 is 5.32 Å². The summed E-state index contributed by atoms with van der Waals surface area (Å²) in [5.41, 5.74) is 0.581. The summed E-state index contributed by atoms with van der Waals surface area (Å²) < 4.78 is 5.18. The van der Waals surface area contributed by atoms with Crippen LogP contribution in [0.15, 0.2) is 10.7 Å². The molecule has 0 spiro atoms. The number of rotatable bonds is 2. The topological polar surface area (TPSA) is 92.5 Å². The van der Waals surface area contributed by atoms with E-state index in [1.165, 1.54) is 19.3 Å². The summed E-state index contributed by atoms with van der Waals surface area (Å²) in [6.07, 6.45) is 6.29. The van der Waals surface area contributed by atoms with Gasteiger partial charge in [0.1, 0.15) is 0 Å². The van der Waals surface area contributed by atoms with Crippen molar-refractivity contribution in [2.45, 2.75) is 31.7 Å². The summed E-state index contributed by atoms with van der Waals surface area (Å²) in [4.78, 5) is 4.36. The molecule has 0 amide bonds. The molecular formula is C10H14N6O. The van der Waals surface area contributed by atoms with Crippen molar-refractivity contribution in [3.8, 4) is 11.6 Å². The first kappa shape index (κ1) is 10.4. The molecule has 7 heteroatoms. The van der Waals surface area contributed by atoms with Crippen LogP contribution in [0.2, 0.25) is 0 Å². The zero-order chi connectivity index (χ0) is 11.5. The van der Waals surface area contributed by atoms with Crippen LogP contribution in [0.3, 0.4) is 0 Å². The number of aromatic amines is 1. The fourth-order valence-electron chi connectivity index (χ4n) is 2.03. The highest BCUT2D eigenvalue weighted by Crippen LogP contribution is 2.22. The van der Waals surface area contributed by atoms with Gasteiger partial charge in [-0.3, -0.25) is 0 Å². The van der Waals surface area contributed by atoms with Gasteiger partial charge in [-0.1, -0.05) is 18.0 Å². The summed E-state index contributed by atoms with van der Waals surface area (Å²) in [5.74, 6) is 1.13. The van der Waals surface area contributed by atoms with Crippen LogP contribution in [0.5, 0.6) is 0 Å². The molecule has 7 nitrogen and oxygen atoms in total. The molecule has 1 atom stereocenters. The van der Waals surface area contributed by atoms with Gasteiger partial charge >= 0.3 is 0 Å². The lowest BCUT2D eigenvalue weighted by atomic mass is 10.1. The molecule has 1 aliphatic rings. The maximum Gasteiger partial charge on any atom is 0.280 e. The van der Waals surface area contributed by atoms with Crippen molar-refractivity contribution in [1.82, 2.24) is 30.9 Å². The SMILES string of the molecule is c1n[nH]nc1-c1nc(C2CCCCCN2)no1. The third-order valence-electron chi connectivity index (χ3n) is 2.95. The number of nitrogens with one attached hydrogen (secondary N) is 2. The summed E-state index contributed by atoms with van der Waals surface area (Å²) in [6.45, 7) is 1.01. The van der Waals surface area contributed by atoms with Gasteiger partial charge in [0, 0.05) is 0 Å².